The molecule has 1 heterocycles. The van der Waals surface area contributed by atoms with Crippen LogP contribution in [-0.2, 0) is 0 Å². The second-order valence-corrected chi connectivity index (χ2v) is 2.17. The van der Waals surface area contributed by atoms with Crippen LogP contribution in [0.5, 0.6) is 0 Å². The van der Waals surface area contributed by atoms with Crippen molar-refractivity contribution in [2.45, 2.75) is 0 Å². The SMILES string of the molecule is CNNc1ccc(Cl)cn1. The summed E-state index contributed by atoms with van der Waals surface area (Å²) in [5, 5.41) is 0.640. The molecule has 1 aromatic rings. The molecule has 0 amide bonds. The van der Waals surface area contributed by atoms with Crippen LogP contribution in [0.1, 0.15) is 0 Å². The van der Waals surface area contributed by atoms with Crippen LogP contribution < -0.4 is 10.9 Å². The van der Waals surface area contributed by atoms with E-state index in [1.807, 2.05) is 0 Å². The third kappa shape index (κ3) is 1.86. The molecule has 0 aliphatic heterocycles. The number of anilines is 1. The summed E-state index contributed by atoms with van der Waals surface area (Å²) in [4.78, 5) is 3.96. The molecule has 0 saturated heterocycles. The van der Waals surface area contributed by atoms with Gasteiger partial charge in [-0.2, -0.15) is 0 Å². The maximum absolute atomic E-state index is 5.60. The van der Waals surface area contributed by atoms with Gasteiger partial charge in [-0.15, -0.1) is 0 Å². The van der Waals surface area contributed by atoms with Crippen LogP contribution in [0, 0.1) is 0 Å². The molecule has 2 N–H and O–H groups in total. The Labute approximate surface area is 64.4 Å². The molecule has 54 valence electrons. The highest BCUT2D eigenvalue weighted by atomic mass is 35.5. The van der Waals surface area contributed by atoms with Crippen molar-refractivity contribution in [3.05, 3.63) is 23.4 Å². The van der Waals surface area contributed by atoms with E-state index in [2.05, 4.69) is 15.8 Å². The van der Waals surface area contributed by atoms with Gasteiger partial charge in [-0.05, 0) is 12.1 Å². The Morgan fingerprint density at radius 3 is 2.80 bits per heavy atom. The highest BCUT2D eigenvalue weighted by Crippen LogP contribution is 2.07. The molecule has 0 atom stereocenters. The number of nitrogens with one attached hydrogen (secondary N) is 2. The number of rotatable bonds is 2. The molecular weight excluding hydrogens is 150 g/mol. The van der Waals surface area contributed by atoms with E-state index in [4.69, 9.17) is 11.6 Å². The van der Waals surface area contributed by atoms with Crippen LogP contribution in [0.15, 0.2) is 18.3 Å². The van der Waals surface area contributed by atoms with Gasteiger partial charge < -0.3 is 5.43 Å². The fourth-order valence-corrected chi connectivity index (χ4v) is 0.690. The lowest BCUT2D eigenvalue weighted by Crippen LogP contribution is -2.15. The minimum absolute atomic E-state index is 0.640. The first-order valence-electron chi connectivity index (χ1n) is 2.87. The number of hydrogen-bond donors (Lipinski definition) is 2. The number of pyridine rings is 1. The van der Waals surface area contributed by atoms with E-state index in [0.29, 0.717) is 5.02 Å². The summed E-state index contributed by atoms with van der Waals surface area (Å²) in [6.07, 6.45) is 1.58. The summed E-state index contributed by atoms with van der Waals surface area (Å²) in [5.74, 6) is 0.756. The van der Waals surface area contributed by atoms with Gasteiger partial charge >= 0.3 is 0 Å². The van der Waals surface area contributed by atoms with Crippen molar-refractivity contribution in [2.24, 2.45) is 0 Å². The van der Waals surface area contributed by atoms with Gasteiger partial charge in [0.1, 0.15) is 5.82 Å². The van der Waals surface area contributed by atoms with Crippen molar-refractivity contribution in [2.75, 3.05) is 12.5 Å². The maximum atomic E-state index is 5.60. The number of hydrazine groups is 1. The van der Waals surface area contributed by atoms with E-state index in [0.717, 1.165) is 5.82 Å². The molecule has 0 fully saturated rings. The standard InChI is InChI=1S/C6H8ClN3/c1-8-10-6-3-2-5(7)4-9-6/h2-4,8H,1H3,(H,9,10). The second-order valence-electron chi connectivity index (χ2n) is 1.74. The van der Waals surface area contributed by atoms with Gasteiger partial charge in [0.2, 0.25) is 0 Å². The molecule has 0 saturated carbocycles. The molecule has 0 unspecified atom stereocenters. The fourth-order valence-electron chi connectivity index (χ4n) is 0.578. The molecule has 1 aromatic heterocycles. The van der Waals surface area contributed by atoms with E-state index < -0.39 is 0 Å². The minimum Gasteiger partial charge on any atom is -0.306 e. The van der Waals surface area contributed by atoms with Crippen molar-refractivity contribution in [3.63, 3.8) is 0 Å². The lowest BCUT2D eigenvalue weighted by Gasteiger charge is -2.00. The van der Waals surface area contributed by atoms with E-state index in [9.17, 15) is 0 Å². The van der Waals surface area contributed by atoms with E-state index in [1.165, 1.54) is 0 Å². The zero-order valence-corrected chi connectivity index (χ0v) is 6.31. The lowest BCUT2D eigenvalue weighted by atomic mass is 10.5. The molecule has 10 heavy (non-hydrogen) atoms. The third-order valence-electron chi connectivity index (χ3n) is 0.980. The van der Waals surface area contributed by atoms with Crippen molar-refractivity contribution in [3.8, 4) is 0 Å². The first-order valence-corrected chi connectivity index (χ1v) is 3.25. The smallest absolute Gasteiger partial charge is 0.140 e. The molecule has 0 bridgehead atoms. The highest BCUT2D eigenvalue weighted by Gasteiger charge is 1.88. The molecule has 4 heteroatoms. The zero-order chi connectivity index (χ0) is 7.40. The highest BCUT2D eigenvalue weighted by molar-refractivity contribution is 6.30. The molecule has 0 aromatic carbocycles. The summed E-state index contributed by atoms with van der Waals surface area (Å²) < 4.78 is 0. The molecule has 1 rings (SSSR count). The quantitative estimate of drug-likeness (QED) is 0.636. The number of hydrogen-bond acceptors (Lipinski definition) is 3. The first kappa shape index (κ1) is 7.31. The van der Waals surface area contributed by atoms with Crippen LogP contribution in [0.4, 0.5) is 5.82 Å². The molecule has 0 aliphatic carbocycles. The van der Waals surface area contributed by atoms with Gasteiger partial charge in [-0.1, -0.05) is 11.6 Å². The Balaban J connectivity index is 2.69. The van der Waals surface area contributed by atoms with Crippen LogP contribution >= 0.6 is 11.6 Å². The van der Waals surface area contributed by atoms with Crippen LogP contribution in [0.3, 0.4) is 0 Å². The number of nitrogens with zero attached hydrogens (tertiary/aromatic N) is 1. The van der Waals surface area contributed by atoms with E-state index in [-0.39, 0.29) is 0 Å². The largest absolute Gasteiger partial charge is 0.306 e. The number of aromatic nitrogens is 1. The first-order chi connectivity index (χ1) is 4.83. The predicted molar refractivity (Wildman–Crippen MR) is 41.9 cm³/mol. The number of halogens is 1. The zero-order valence-electron chi connectivity index (χ0n) is 5.56. The molecule has 0 spiro atoms. The predicted octanol–water partition coefficient (Wildman–Crippen LogP) is 1.28. The van der Waals surface area contributed by atoms with Crippen molar-refractivity contribution in [1.82, 2.24) is 10.4 Å². The van der Waals surface area contributed by atoms with Crippen LogP contribution in [0.2, 0.25) is 5.02 Å². The lowest BCUT2D eigenvalue weighted by molar-refractivity contribution is 0.965. The second kappa shape index (κ2) is 3.39. The monoisotopic (exact) mass is 157 g/mol. The normalized spacial score (nSPS) is 9.40. The molecule has 0 aliphatic rings. The Morgan fingerprint density at radius 2 is 2.30 bits per heavy atom. The average Bonchev–Trinajstić information content (AvgIpc) is 1.95. The van der Waals surface area contributed by atoms with Crippen LogP contribution in [0.25, 0.3) is 0 Å². The van der Waals surface area contributed by atoms with E-state index >= 15 is 0 Å². The van der Waals surface area contributed by atoms with Gasteiger partial charge in [-0.25, -0.2) is 10.4 Å². The summed E-state index contributed by atoms with van der Waals surface area (Å²) in [6, 6.07) is 3.56. The average molecular weight is 158 g/mol. The van der Waals surface area contributed by atoms with E-state index in [1.54, 1.807) is 25.4 Å². The summed E-state index contributed by atoms with van der Waals surface area (Å²) in [5.41, 5.74) is 5.56. The summed E-state index contributed by atoms with van der Waals surface area (Å²) in [6.45, 7) is 0. The third-order valence-corrected chi connectivity index (χ3v) is 1.20. The Hall–Kier alpha value is -0.800. The fraction of sp³-hybridized carbons (Fsp3) is 0.167. The van der Waals surface area contributed by atoms with Gasteiger partial charge in [0, 0.05) is 13.2 Å². The van der Waals surface area contributed by atoms with Gasteiger partial charge in [0.05, 0.1) is 5.02 Å². The Kier molecular flexibility index (Phi) is 2.48. The van der Waals surface area contributed by atoms with Crippen LogP contribution in [-0.4, -0.2) is 12.0 Å². The minimum atomic E-state index is 0.640. The molecule has 3 nitrogen and oxygen atoms in total. The Bertz CT molecular complexity index is 197. The maximum Gasteiger partial charge on any atom is 0.140 e. The van der Waals surface area contributed by atoms with Crippen molar-refractivity contribution >= 4 is 17.4 Å². The van der Waals surface area contributed by atoms with Gasteiger partial charge in [0.15, 0.2) is 0 Å². The van der Waals surface area contributed by atoms with Gasteiger partial charge in [-0.3, -0.25) is 0 Å². The van der Waals surface area contributed by atoms with Crippen molar-refractivity contribution in [1.29, 1.82) is 0 Å². The van der Waals surface area contributed by atoms with Crippen molar-refractivity contribution < 1.29 is 0 Å². The molecular formula is C6H8ClN3. The topological polar surface area (TPSA) is 37.0 Å². The van der Waals surface area contributed by atoms with Gasteiger partial charge in [0.25, 0.3) is 0 Å². The molecule has 0 radical (unpaired) electrons. The Morgan fingerprint density at radius 1 is 1.50 bits per heavy atom. The summed E-state index contributed by atoms with van der Waals surface area (Å²) >= 11 is 5.60. The summed E-state index contributed by atoms with van der Waals surface area (Å²) in [7, 11) is 1.77.